The Morgan fingerprint density at radius 1 is 1.15 bits per heavy atom. The maximum absolute atomic E-state index is 13.3. The Balaban J connectivity index is 2.09. The number of rotatable bonds is 3. The zero-order valence-electron chi connectivity index (χ0n) is 10.4. The molecule has 1 aromatic carbocycles. The third-order valence-electron chi connectivity index (χ3n) is 2.45. The molecule has 0 unspecified atom stereocenters. The summed E-state index contributed by atoms with van der Waals surface area (Å²) < 4.78 is 44.2. The molecule has 0 fully saturated rings. The van der Waals surface area contributed by atoms with Gasteiger partial charge in [0.05, 0.1) is 5.69 Å². The smallest absolute Gasteiger partial charge is 0.248 e. The van der Waals surface area contributed by atoms with E-state index < -0.39 is 29.0 Å². The minimum Gasteiger partial charge on any atom is -0.462 e. The molecule has 0 aliphatic heterocycles. The van der Waals surface area contributed by atoms with Crippen LogP contribution in [0.4, 0.5) is 18.9 Å². The van der Waals surface area contributed by atoms with Crippen molar-refractivity contribution >= 4 is 17.7 Å². The highest BCUT2D eigenvalue weighted by Gasteiger charge is 2.14. The number of anilines is 1. The van der Waals surface area contributed by atoms with Crippen molar-refractivity contribution in [2.24, 2.45) is 0 Å². The predicted octanol–water partition coefficient (Wildman–Crippen LogP) is 3.66. The molecule has 0 aliphatic carbocycles. The van der Waals surface area contributed by atoms with Gasteiger partial charge in [-0.05, 0) is 37.3 Å². The van der Waals surface area contributed by atoms with Crippen molar-refractivity contribution in [1.82, 2.24) is 0 Å². The number of hydrogen-bond donors (Lipinski definition) is 1. The first-order chi connectivity index (χ1) is 9.47. The summed E-state index contributed by atoms with van der Waals surface area (Å²) in [6.45, 7) is 1.74. The van der Waals surface area contributed by atoms with Crippen LogP contribution in [-0.4, -0.2) is 5.91 Å². The van der Waals surface area contributed by atoms with Gasteiger partial charge in [-0.1, -0.05) is 0 Å². The van der Waals surface area contributed by atoms with Gasteiger partial charge < -0.3 is 9.73 Å². The zero-order valence-corrected chi connectivity index (χ0v) is 10.4. The lowest BCUT2D eigenvalue weighted by Crippen LogP contribution is -2.10. The number of aryl methyl sites for hydroxylation is 1. The van der Waals surface area contributed by atoms with Crippen LogP contribution in [0.1, 0.15) is 11.5 Å². The van der Waals surface area contributed by atoms with E-state index in [0.717, 1.165) is 18.2 Å². The summed E-state index contributed by atoms with van der Waals surface area (Å²) in [5.74, 6) is -3.96. The first kappa shape index (κ1) is 13.9. The molecule has 0 radical (unpaired) electrons. The molecule has 104 valence electrons. The predicted molar refractivity (Wildman–Crippen MR) is 67.4 cm³/mol. The van der Waals surface area contributed by atoms with Crippen molar-refractivity contribution in [2.45, 2.75) is 6.92 Å². The molecule has 0 bridgehead atoms. The minimum absolute atomic E-state index is 0.436. The third kappa shape index (κ3) is 3.09. The molecule has 1 amide bonds. The summed E-state index contributed by atoms with van der Waals surface area (Å²) in [4.78, 5) is 11.5. The fourth-order valence-electron chi connectivity index (χ4n) is 1.50. The van der Waals surface area contributed by atoms with Crippen molar-refractivity contribution in [3.05, 3.63) is 59.3 Å². The van der Waals surface area contributed by atoms with Crippen LogP contribution in [0.25, 0.3) is 6.08 Å². The highest BCUT2D eigenvalue weighted by molar-refractivity contribution is 6.01. The Morgan fingerprint density at radius 3 is 2.55 bits per heavy atom. The quantitative estimate of drug-likeness (QED) is 0.689. The lowest BCUT2D eigenvalue weighted by Gasteiger charge is -2.04. The fraction of sp³-hybridized carbons (Fsp3) is 0.0714. The Morgan fingerprint density at radius 2 is 1.90 bits per heavy atom. The van der Waals surface area contributed by atoms with Crippen molar-refractivity contribution < 1.29 is 22.4 Å². The van der Waals surface area contributed by atoms with E-state index in [1.54, 1.807) is 19.1 Å². The maximum Gasteiger partial charge on any atom is 0.248 e. The molecule has 0 saturated carbocycles. The van der Waals surface area contributed by atoms with Crippen LogP contribution in [-0.2, 0) is 4.79 Å². The van der Waals surface area contributed by atoms with Gasteiger partial charge in [0.25, 0.3) is 0 Å². The van der Waals surface area contributed by atoms with E-state index in [-0.39, 0.29) is 0 Å². The molecule has 1 N–H and O–H groups in total. The molecule has 20 heavy (non-hydrogen) atoms. The van der Waals surface area contributed by atoms with E-state index in [0.29, 0.717) is 11.5 Å². The Hall–Kier alpha value is -2.50. The number of hydrogen-bond acceptors (Lipinski definition) is 2. The molecule has 2 aromatic rings. The third-order valence-corrected chi connectivity index (χ3v) is 2.45. The molecule has 3 nitrogen and oxygen atoms in total. The molecule has 2 rings (SSSR count). The van der Waals surface area contributed by atoms with E-state index in [2.05, 4.69) is 5.32 Å². The van der Waals surface area contributed by atoms with Crippen LogP contribution < -0.4 is 5.32 Å². The summed E-state index contributed by atoms with van der Waals surface area (Å²) in [5.41, 5.74) is -0.436. The number of carbonyl (C=O) groups excluding carboxylic acids is 1. The normalized spacial score (nSPS) is 11.0. The second-order valence-corrected chi connectivity index (χ2v) is 3.99. The molecule has 0 aliphatic rings. The largest absolute Gasteiger partial charge is 0.462 e. The number of furan rings is 1. The molecule has 0 atom stereocenters. The summed E-state index contributed by atoms with van der Waals surface area (Å²) in [5, 5.41) is 2.11. The van der Waals surface area contributed by atoms with Crippen molar-refractivity contribution in [2.75, 3.05) is 5.32 Å². The van der Waals surface area contributed by atoms with Gasteiger partial charge >= 0.3 is 0 Å². The SMILES string of the molecule is Cc1ccc(C=CC(=O)Nc2ccc(F)c(F)c2F)o1. The lowest BCUT2D eigenvalue weighted by molar-refractivity contribution is -0.111. The standard InChI is InChI=1S/C14H10F3NO2/c1-8-2-3-9(20-8)4-7-12(19)18-11-6-5-10(15)13(16)14(11)17/h2-7H,1H3,(H,18,19). The first-order valence-corrected chi connectivity index (χ1v) is 5.66. The average molecular weight is 281 g/mol. The lowest BCUT2D eigenvalue weighted by atomic mass is 10.2. The first-order valence-electron chi connectivity index (χ1n) is 5.66. The van der Waals surface area contributed by atoms with Gasteiger partial charge in [0.2, 0.25) is 5.91 Å². The number of halogens is 3. The fourth-order valence-corrected chi connectivity index (χ4v) is 1.50. The Labute approximate surface area is 112 Å². The van der Waals surface area contributed by atoms with Gasteiger partial charge in [0.15, 0.2) is 17.5 Å². The highest BCUT2D eigenvalue weighted by atomic mass is 19.2. The Bertz CT molecular complexity index is 677. The van der Waals surface area contributed by atoms with Crippen LogP contribution in [0, 0.1) is 24.4 Å². The van der Waals surface area contributed by atoms with Crippen molar-refractivity contribution in [3.63, 3.8) is 0 Å². The van der Waals surface area contributed by atoms with Gasteiger partial charge in [0, 0.05) is 6.08 Å². The molecular weight excluding hydrogens is 271 g/mol. The number of nitrogens with one attached hydrogen (secondary N) is 1. The molecule has 1 aromatic heterocycles. The summed E-state index contributed by atoms with van der Waals surface area (Å²) >= 11 is 0. The average Bonchev–Trinajstić information content (AvgIpc) is 2.83. The van der Waals surface area contributed by atoms with Crippen LogP contribution in [0.2, 0.25) is 0 Å². The number of amides is 1. The summed E-state index contributed by atoms with van der Waals surface area (Å²) in [6, 6.07) is 5.04. The maximum atomic E-state index is 13.3. The van der Waals surface area contributed by atoms with E-state index in [9.17, 15) is 18.0 Å². The molecule has 0 saturated heterocycles. The van der Waals surface area contributed by atoms with Gasteiger partial charge in [-0.2, -0.15) is 0 Å². The van der Waals surface area contributed by atoms with E-state index in [1.807, 2.05) is 0 Å². The van der Waals surface area contributed by atoms with E-state index >= 15 is 0 Å². The Kier molecular flexibility index (Phi) is 3.93. The number of carbonyl (C=O) groups is 1. The van der Waals surface area contributed by atoms with Crippen molar-refractivity contribution in [1.29, 1.82) is 0 Å². The molecule has 1 heterocycles. The van der Waals surface area contributed by atoms with Gasteiger partial charge in [0.1, 0.15) is 11.5 Å². The summed E-state index contributed by atoms with van der Waals surface area (Å²) in [7, 11) is 0. The highest BCUT2D eigenvalue weighted by Crippen LogP contribution is 2.19. The summed E-state index contributed by atoms with van der Waals surface area (Å²) in [6.07, 6.45) is 2.47. The topological polar surface area (TPSA) is 42.2 Å². The van der Waals surface area contributed by atoms with Crippen LogP contribution in [0.15, 0.2) is 34.8 Å². The zero-order chi connectivity index (χ0) is 14.7. The van der Waals surface area contributed by atoms with E-state index in [1.165, 1.54) is 6.08 Å². The molecule has 6 heteroatoms. The van der Waals surface area contributed by atoms with Gasteiger partial charge in [-0.25, -0.2) is 13.2 Å². The molecule has 0 spiro atoms. The van der Waals surface area contributed by atoms with Crippen LogP contribution in [0.5, 0.6) is 0 Å². The second kappa shape index (κ2) is 5.64. The minimum atomic E-state index is -1.63. The molecular formula is C14H10F3NO2. The number of benzene rings is 1. The van der Waals surface area contributed by atoms with Crippen LogP contribution in [0.3, 0.4) is 0 Å². The van der Waals surface area contributed by atoms with Crippen LogP contribution >= 0.6 is 0 Å². The van der Waals surface area contributed by atoms with E-state index in [4.69, 9.17) is 4.42 Å². The monoisotopic (exact) mass is 281 g/mol. The van der Waals surface area contributed by atoms with Crippen molar-refractivity contribution in [3.8, 4) is 0 Å². The van der Waals surface area contributed by atoms with Gasteiger partial charge in [-0.15, -0.1) is 0 Å². The second-order valence-electron chi connectivity index (χ2n) is 3.99. The van der Waals surface area contributed by atoms with Gasteiger partial charge in [-0.3, -0.25) is 4.79 Å².